The zero-order valence-electron chi connectivity index (χ0n) is 10.7. The number of carbonyl (C=O) groups excluding carboxylic acids is 1. The first-order valence-electron chi connectivity index (χ1n) is 6.60. The molecule has 2 aliphatic rings. The van der Waals surface area contributed by atoms with Crippen molar-refractivity contribution in [2.45, 2.75) is 12.8 Å². The van der Waals surface area contributed by atoms with Gasteiger partial charge in [-0.3, -0.25) is 4.79 Å². The number of morpholine rings is 1. The molecule has 4 heteroatoms. The normalized spacial score (nSPS) is 20.7. The van der Waals surface area contributed by atoms with Crippen LogP contribution >= 0.6 is 0 Å². The maximum absolute atomic E-state index is 13.3. The van der Waals surface area contributed by atoms with E-state index in [0.29, 0.717) is 26.3 Å². The number of hydrogen-bond donors (Lipinski definition) is 0. The fraction of sp³-hybridized carbons (Fsp3) is 0.400. The first kappa shape index (κ1) is 12.4. The van der Waals surface area contributed by atoms with Gasteiger partial charge in [-0.05, 0) is 41.7 Å². The largest absolute Gasteiger partial charge is 0.378 e. The zero-order chi connectivity index (χ0) is 13.2. The van der Waals surface area contributed by atoms with E-state index in [2.05, 4.69) is 0 Å². The molecule has 1 saturated heterocycles. The van der Waals surface area contributed by atoms with Gasteiger partial charge >= 0.3 is 0 Å². The number of hydrogen-bond acceptors (Lipinski definition) is 2. The molecule has 0 unspecified atom stereocenters. The predicted molar refractivity (Wildman–Crippen MR) is 70.1 cm³/mol. The lowest BCUT2D eigenvalue weighted by Crippen LogP contribution is -2.39. The number of ether oxygens (including phenoxy) is 1. The van der Waals surface area contributed by atoms with Crippen LogP contribution < -0.4 is 0 Å². The van der Waals surface area contributed by atoms with Gasteiger partial charge < -0.3 is 9.64 Å². The highest BCUT2D eigenvalue weighted by atomic mass is 19.1. The second kappa shape index (κ2) is 5.13. The molecule has 1 aliphatic heterocycles. The van der Waals surface area contributed by atoms with Crippen molar-refractivity contribution in [2.75, 3.05) is 26.3 Å². The van der Waals surface area contributed by atoms with Crippen LogP contribution in [-0.4, -0.2) is 37.1 Å². The van der Waals surface area contributed by atoms with E-state index in [9.17, 15) is 9.18 Å². The quantitative estimate of drug-likeness (QED) is 0.724. The van der Waals surface area contributed by atoms with E-state index in [1.54, 1.807) is 11.0 Å². The predicted octanol–water partition coefficient (Wildman–Crippen LogP) is 2.01. The van der Waals surface area contributed by atoms with Crippen molar-refractivity contribution in [3.63, 3.8) is 0 Å². The topological polar surface area (TPSA) is 29.5 Å². The van der Waals surface area contributed by atoms with E-state index in [1.165, 1.54) is 12.1 Å². The van der Waals surface area contributed by atoms with Crippen molar-refractivity contribution in [2.24, 2.45) is 0 Å². The van der Waals surface area contributed by atoms with Gasteiger partial charge in [-0.1, -0.05) is 6.07 Å². The van der Waals surface area contributed by atoms with Gasteiger partial charge in [0.25, 0.3) is 0 Å². The van der Waals surface area contributed by atoms with Gasteiger partial charge in [-0.2, -0.15) is 0 Å². The number of benzene rings is 1. The molecule has 1 aliphatic carbocycles. The van der Waals surface area contributed by atoms with Crippen molar-refractivity contribution >= 4 is 11.5 Å². The fourth-order valence-electron chi connectivity index (χ4n) is 2.64. The summed E-state index contributed by atoms with van der Waals surface area (Å²) < 4.78 is 18.5. The zero-order valence-corrected chi connectivity index (χ0v) is 10.7. The standard InChI is InChI=1S/C15H16FNO2/c16-13-4-3-11-1-2-12(14(11)10-13)9-15(18)17-5-7-19-8-6-17/h3-4,9-10H,1-2,5-8H2/b12-9-. The molecule has 3 nitrogen and oxygen atoms in total. The molecular formula is C15H16FNO2. The summed E-state index contributed by atoms with van der Waals surface area (Å²) in [4.78, 5) is 13.9. The van der Waals surface area contributed by atoms with E-state index in [1.807, 2.05) is 6.07 Å². The van der Waals surface area contributed by atoms with E-state index in [0.717, 1.165) is 29.5 Å². The molecule has 0 atom stereocenters. The van der Waals surface area contributed by atoms with Crippen LogP contribution in [0.3, 0.4) is 0 Å². The molecule has 0 radical (unpaired) electrons. The Morgan fingerprint density at radius 2 is 2.05 bits per heavy atom. The Labute approximate surface area is 111 Å². The van der Waals surface area contributed by atoms with E-state index in [4.69, 9.17) is 4.74 Å². The number of carbonyl (C=O) groups is 1. The van der Waals surface area contributed by atoms with Gasteiger partial charge in [-0.25, -0.2) is 4.39 Å². The number of fused-ring (bicyclic) bond motifs is 1. The molecule has 100 valence electrons. The van der Waals surface area contributed by atoms with Gasteiger partial charge in [0.2, 0.25) is 5.91 Å². The van der Waals surface area contributed by atoms with Gasteiger partial charge in [0.05, 0.1) is 13.2 Å². The highest BCUT2D eigenvalue weighted by molar-refractivity contribution is 5.96. The average molecular weight is 261 g/mol. The van der Waals surface area contributed by atoms with Gasteiger partial charge in [0.15, 0.2) is 0 Å². The Balaban J connectivity index is 1.82. The van der Waals surface area contributed by atoms with Crippen molar-refractivity contribution < 1.29 is 13.9 Å². The SMILES string of the molecule is O=C(/C=C1/CCc2ccc(F)cc21)N1CCOCC1. The maximum Gasteiger partial charge on any atom is 0.247 e. The first-order chi connectivity index (χ1) is 9.24. The molecule has 1 aromatic rings. The maximum atomic E-state index is 13.3. The fourth-order valence-corrected chi connectivity index (χ4v) is 2.64. The Morgan fingerprint density at radius 3 is 2.84 bits per heavy atom. The van der Waals surface area contributed by atoms with Crippen LogP contribution in [-0.2, 0) is 16.0 Å². The third kappa shape index (κ3) is 2.54. The van der Waals surface area contributed by atoms with E-state index in [-0.39, 0.29) is 11.7 Å². The summed E-state index contributed by atoms with van der Waals surface area (Å²) in [5.41, 5.74) is 2.97. The number of aryl methyl sites for hydroxylation is 1. The van der Waals surface area contributed by atoms with Gasteiger partial charge in [0.1, 0.15) is 5.82 Å². The lowest BCUT2D eigenvalue weighted by Gasteiger charge is -2.25. The summed E-state index contributed by atoms with van der Waals surface area (Å²) in [5.74, 6) is -0.235. The Bertz CT molecular complexity index is 533. The van der Waals surface area contributed by atoms with Crippen molar-refractivity contribution in [1.29, 1.82) is 0 Å². The molecule has 1 fully saturated rings. The van der Waals surface area contributed by atoms with E-state index < -0.39 is 0 Å². The van der Waals surface area contributed by atoms with E-state index >= 15 is 0 Å². The lowest BCUT2D eigenvalue weighted by atomic mass is 10.1. The minimum absolute atomic E-state index is 0.00964. The summed E-state index contributed by atoms with van der Waals surface area (Å²) in [6.07, 6.45) is 3.36. The molecule has 0 saturated carbocycles. The summed E-state index contributed by atoms with van der Waals surface area (Å²) in [5, 5.41) is 0. The Morgan fingerprint density at radius 1 is 1.26 bits per heavy atom. The third-order valence-electron chi connectivity index (χ3n) is 3.70. The minimum Gasteiger partial charge on any atom is -0.378 e. The smallest absolute Gasteiger partial charge is 0.247 e. The highest BCUT2D eigenvalue weighted by Crippen LogP contribution is 2.32. The van der Waals surface area contributed by atoms with Crippen LogP contribution in [0, 0.1) is 5.82 Å². The van der Waals surface area contributed by atoms with Crippen molar-refractivity contribution in [3.05, 3.63) is 41.2 Å². The van der Waals surface area contributed by atoms with Crippen molar-refractivity contribution in [1.82, 2.24) is 4.90 Å². The minimum atomic E-state index is -0.245. The summed E-state index contributed by atoms with van der Waals surface area (Å²) >= 11 is 0. The van der Waals surface area contributed by atoms with Crippen LogP contribution in [0.5, 0.6) is 0 Å². The molecule has 0 spiro atoms. The second-order valence-corrected chi connectivity index (χ2v) is 4.91. The molecule has 0 bridgehead atoms. The van der Waals surface area contributed by atoms with Crippen LogP contribution in [0.2, 0.25) is 0 Å². The summed E-state index contributed by atoms with van der Waals surface area (Å²) in [6, 6.07) is 4.82. The number of allylic oxidation sites excluding steroid dienone is 1. The van der Waals surface area contributed by atoms with Gasteiger partial charge in [-0.15, -0.1) is 0 Å². The molecule has 0 aromatic heterocycles. The number of rotatable bonds is 1. The second-order valence-electron chi connectivity index (χ2n) is 4.91. The van der Waals surface area contributed by atoms with Gasteiger partial charge in [0, 0.05) is 19.2 Å². The Kier molecular flexibility index (Phi) is 3.34. The molecule has 0 N–H and O–H groups in total. The molecule has 1 aromatic carbocycles. The van der Waals surface area contributed by atoms with Crippen LogP contribution in [0.15, 0.2) is 24.3 Å². The van der Waals surface area contributed by atoms with Crippen molar-refractivity contribution in [3.8, 4) is 0 Å². The molecule has 1 heterocycles. The number of halogens is 1. The molecular weight excluding hydrogens is 245 g/mol. The third-order valence-corrected chi connectivity index (χ3v) is 3.70. The summed E-state index contributed by atoms with van der Waals surface area (Å²) in [7, 11) is 0. The van der Waals surface area contributed by atoms with Crippen LogP contribution in [0.25, 0.3) is 5.57 Å². The molecule has 1 amide bonds. The molecule has 3 rings (SSSR count). The molecule has 19 heavy (non-hydrogen) atoms. The Hall–Kier alpha value is -1.68. The lowest BCUT2D eigenvalue weighted by molar-refractivity contribution is -0.129. The number of amides is 1. The monoisotopic (exact) mass is 261 g/mol. The average Bonchev–Trinajstić information content (AvgIpc) is 2.82. The highest BCUT2D eigenvalue weighted by Gasteiger charge is 2.20. The number of nitrogens with zero attached hydrogens (tertiary/aromatic N) is 1. The first-order valence-corrected chi connectivity index (χ1v) is 6.60. The van der Waals surface area contributed by atoms with Crippen LogP contribution in [0.1, 0.15) is 17.5 Å². The van der Waals surface area contributed by atoms with Crippen LogP contribution in [0.4, 0.5) is 4.39 Å². The summed E-state index contributed by atoms with van der Waals surface area (Å²) in [6.45, 7) is 2.47.